The number of nitrogens with zero attached hydrogens (tertiary/aromatic N) is 4. The number of H-pyrrole nitrogens is 1. The van der Waals surface area contributed by atoms with E-state index in [4.69, 9.17) is 20.1 Å². The lowest BCUT2D eigenvalue weighted by molar-refractivity contribution is -0.116. The third kappa shape index (κ3) is 5.48. The molecule has 154 valence electrons. The lowest BCUT2D eigenvalue weighted by atomic mass is 10.1. The van der Waals surface area contributed by atoms with Crippen molar-refractivity contribution in [1.29, 1.82) is 0 Å². The van der Waals surface area contributed by atoms with Crippen LogP contribution in [0.25, 0.3) is 11.2 Å². The molecular formula is C15H21N5O8. The Morgan fingerprint density at radius 1 is 1.25 bits per heavy atom. The monoisotopic (exact) mass is 399 g/mol. The fraction of sp³-hybridized carbons (Fsp3) is 0.533. The van der Waals surface area contributed by atoms with Gasteiger partial charge in [-0.25, -0.2) is 9.98 Å². The molecule has 13 heteroatoms. The standard InChI is InChI=1S/C15H21N5O8/c21-3-9(4-22)28-7-20-6-17-12-13(20)18-15(19-14(12)27)16-2-8(24)1-10(25)11(26)5-23/h2,6,9-11,21-23,25-26H,1,3-5,7H2,(H,18,19,27). The predicted molar refractivity (Wildman–Crippen MR) is 94.1 cm³/mol. The average molecular weight is 399 g/mol. The number of hydrogen-bond donors (Lipinski definition) is 6. The number of aromatic nitrogens is 4. The molecule has 0 aliphatic carbocycles. The molecule has 0 aromatic carbocycles. The van der Waals surface area contributed by atoms with Gasteiger partial charge in [0.05, 0.1) is 38.5 Å². The zero-order chi connectivity index (χ0) is 20.7. The molecule has 2 aromatic rings. The number of aliphatic hydroxyl groups excluding tert-OH is 5. The van der Waals surface area contributed by atoms with Crippen LogP contribution in [-0.4, -0.2) is 95.2 Å². The van der Waals surface area contributed by atoms with E-state index in [0.29, 0.717) is 0 Å². The van der Waals surface area contributed by atoms with Gasteiger partial charge in [0.2, 0.25) is 5.95 Å². The fourth-order valence-electron chi connectivity index (χ4n) is 2.10. The second kappa shape index (κ2) is 10.1. The van der Waals surface area contributed by atoms with E-state index in [0.717, 1.165) is 6.21 Å². The molecule has 2 atom stereocenters. The van der Waals surface area contributed by atoms with E-state index in [1.807, 2.05) is 0 Å². The lowest BCUT2D eigenvalue weighted by Crippen LogP contribution is -2.31. The van der Waals surface area contributed by atoms with Crippen molar-refractivity contribution in [3.63, 3.8) is 0 Å². The van der Waals surface area contributed by atoms with Crippen LogP contribution in [0.15, 0.2) is 16.1 Å². The van der Waals surface area contributed by atoms with E-state index in [1.54, 1.807) is 0 Å². The summed E-state index contributed by atoms with van der Waals surface area (Å²) in [7, 11) is 0. The highest BCUT2D eigenvalue weighted by Gasteiger charge is 2.18. The molecule has 28 heavy (non-hydrogen) atoms. The van der Waals surface area contributed by atoms with E-state index in [1.165, 1.54) is 10.9 Å². The lowest BCUT2D eigenvalue weighted by Gasteiger charge is -2.13. The molecule has 0 spiro atoms. The highest BCUT2D eigenvalue weighted by molar-refractivity contribution is 6.28. The van der Waals surface area contributed by atoms with Gasteiger partial charge in [0.15, 0.2) is 16.9 Å². The van der Waals surface area contributed by atoms with Crippen molar-refractivity contribution in [2.45, 2.75) is 31.5 Å². The van der Waals surface area contributed by atoms with Crippen LogP contribution in [0.5, 0.6) is 0 Å². The maximum atomic E-state index is 12.1. The first-order valence-corrected chi connectivity index (χ1v) is 8.22. The Kier molecular flexibility index (Phi) is 7.86. The van der Waals surface area contributed by atoms with Crippen molar-refractivity contribution in [1.82, 2.24) is 19.5 Å². The first-order chi connectivity index (χ1) is 13.4. The molecule has 0 saturated carbocycles. The largest absolute Gasteiger partial charge is 0.394 e. The number of hydrogen-bond acceptors (Lipinski definition) is 11. The van der Waals surface area contributed by atoms with Crippen molar-refractivity contribution in [3.8, 4) is 0 Å². The van der Waals surface area contributed by atoms with Gasteiger partial charge in [-0.05, 0) is 0 Å². The smallest absolute Gasteiger partial charge is 0.280 e. The molecule has 6 N–H and O–H groups in total. The van der Waals surface area contributed by atoms with E-state index in [2.05, 4.69) is 19.9 Å². The Labute approximate surface area is 157 Å². The molecule has 0 bridgehead atoms. The number of fused-ring (bicyclic) bond motifs is 1. The second-order valence-corrected chi connectivity index (χ2v) is 5.80. The Morgan fingerprint density at radius 2 is 1.96 bits per heavy atom. The van der Waals surface area contributed by atoms with Gasteiger partial charge in [-0.2, -0.15) is 4.98 Å². The van der Waals surface area contributed by atoms with Gasteiger partial charge in [0, 0.05) is 6.42 Å². The minimum absolute atomic E-state index is 0.0000798. The Hall–Kier alpha value is -2.55. The molecule has 2 unspecified atom stereocenters. The molecule has 2 aromatic heterocycles. The van der Waals surface area contributed by atoms with Gasteiger partial charge in [-0.3, -0.25) is 19.1 Å². The molecule has 0 aliphatic heterocycles. The maximum Gasteiger partial charge on any atom is 0.280 e. The number of aliphatic hydroxyl groups is 5. The summed E-state index contributed by atoms with van der Waals surface area (Å²) in [6.07, 6.45) is -2.10. The van der Waals surface area contributed by atoms with Crippen LogP contribution in [0.1, 0.15) is 6.42 Å². The highest BCUT2D eigenvalue weighted by atomic mass is 16.5. The van der Waals surface area contributed by atoms with E-state index >= 15 is 0 Å². The van der Waals surface area contributed by atoms with Crippen molar-refractivity contribution in [3.05, 3.63) is 16.7 Å². The summed E-state index contributed by atoms with van der Waals surface area (Å²) < 4.78 is 6.61. The van der Waals surface area contributed by atoms with Crippen LogP contribution in [0.2, 0.25) is 0 Å². The Morgan fingerprint density at radius 3 is 2.61 bits per heavy atom. The first-order valence-electron chi connectivity index (χ1n) is 8.22. The van der Waals surface area contributed by atoms with Crippen LogP contribution < -0.4 is 5.56 Å². The summed E-state index contributed by atoms with van der Waals surface area (Å²) in [6, 6.07) is 0. The molecule has 0 saturated heterocycles. The molecule has 0 aliphatic rings. The van der Waals surface area contributed by atoms with Crippen LogP contribution in [0.3, 0.4) is 0 Å². The number of ketones is 1. The Balaban J connectivity index is 2.16. The minimum atomic E-state index is -1.46. The molecule has 0 fully saturated rings. The molecule has 0 amide bonds. The second-order valence-electron chi connectivity index (χ2n) is 5.80. The molecule has 2 heterocycles. The highest BCUT2D eigenvalue weighted by Crippen LogP contribution is 2.10. The normalized spacial score (nSPS) is 14.2. The summed E-state index contributed by atoms with van der Waals surface area (Å²) in [5, 5.41) is 45.5. The number of aromatic amines is 1. The van der Waals surface area contributed by atoms with Crippen LogP contribution in [-0.2, 0) is 16.3 Å². The number of nitrogens with one attached hydrogen (secondary N) is 1. The maximum absolute atomic E-state index is 12.1. The van der Waals surface area contributed by atoms with E-state index in [-0.39, 0.29) is 23.8 Å². The Bertz CT molecular complexity index is 875. The first kappa shape index (κ1) is 21.7. The number of aliphatic imine (C=N–C) groups is 1. The number of ether oxygens (including phenoxy) is 1. The number of rotatable bonds is 11. The minimum Gasteiger partial charge on any atom is -0.394 e. The summed E-state index contributed by atoms with van der Waals surface area (Å²) in [4.78, 5) is 37.9. The number of imidazole rings is 1. The van der Waals surface area contributed by atoms with Crippen molar-refractivity contribution < 1.29 is 35.1 Å². The van der Waals surface area contributed by atoms with Gasteiger partial charge in [0.25, 0.3) is 5.56 Å². The number of Topliss-reactive ketones (excluding diaryl/α,β-unsaturated/α-hetero) is 1. The third-order valence-corrected chi connectivity index (χ3v) is 3.69. The number of carbonyl (C=O) groups is 1. The van der Waals surface area contributed by atoms with Crippen LogP contribution >= 0.6 is 0 Å². The zero-order valence-corrected chi connectivity index (χ0v) is 14.7. The molecular weight excluding hydrogens is 378 g/mol. The van der Waals surface area contributed by atoms with Crippen molar-refractivity contribution >= 4 is 29.1 Å². The summed E-state index contributed by atoms with van der Waals surface area (Å²) >= 11 is 0. The predicted octanol–water partition coefficient (Wildman–Crippen LogP) is -3.18. The van der Waals surface area contributed by atoms with Crippen molar-refractivity contribution in [2.75, 3.05) is 19.8 Å². The van der Waals surface area contributed by atoms with E-state index < -0.39 is 55.9 Å². The molecule has 0 radical (unpaired) electrons. The number of carbonyl (C=O) groups excluding carboxylic acids is 1. The van der Waals surface area contributed by atoms with Gasteiger partial charge in [-0.1, -0.05) is 0 Å². The molecule has 13 nitrogen and oxygen atoms in total. The summed E-state index contributed by atoms with van der Waals surface area (Å²) in [5.41, 5.74) is -0.506. The van der Waals surface area contributed by atoms with Gasteiger partial charge in [-0.15, -0.1) is 0 Å². The van der Waals surface area contributed by atoms with Crippen LogP contribution in [0.4, 0.5) is 5.95 Å². The summed E-state index contributed by atoms with van der Waals surface area (Å²) in [6.45, 7) is -1.64. The fourth-order valence-corrected chi connectivity index (χ4v) is 2.10. The van der Waals surface area contributed by atoms with E-state index in [9.17, 15) is 19.8 Å². The zero-order valence-electron chi connectivity index (χ0n) is 14.7. The molecule has 2 rings (SSSR count). The topological polar surface area (TPSA) is 203 Å². The summed E-state index contributed by atoms with van der Waals surface area (Å²) in [5.74, 6) is -0.862. The SMILES string of the molecule is O=C(C=Nc1nc2c(ncn2COC(CO)CO)c(=O)[nH]1)CC(O)C(O)CO. The third-order valence-electron chi connectivity index (χ3n) is 3.69. The van der Waals surface area contributed by atoms with Crippen molar-refractivity contribution in [2.24, 2.45) is 4.99 Å². The van der Waals surface area contributed by atoms with Gasteiger partial charge in [0.1, 0.15) is 18.9 Å². The quantitative estimate of drug-likeness (QED) is 0.209. The average Bonchev–Trinajstić information content (AvgIpc) is 3.10. The van der Waals surface area contributed by atoms with Gasteiger partial charge >= 0.3 is 0 Å². The van der Waals surface area contributed by atoms with Gasteiger partial charge < -0.3 is 30.3 Å². The van der Waals surface area contributed by atoms with Crippen LogP contribution in [0, 0.1) is 0 Å².